The number of hydrogen-bond acceptors (Lipinski definition) is 5. The molecule has 0 aliphatic carbocycles. The van der Waals surface area contributed by atoms with Crippen molar-refractivity contribution in [1.82, 2.24) is 19.0 Å². The number of piperazine rings is 1. The molecule has 8 nitrogen and oxygen atoms in total. The Morgan fingerprint density at radius 3 is 2.39 bits per heavy atom. The van der Waals surface area contributed by atoms with E-state index in [9.17, 15) is 13.2 Å². The number of amides is 1. The minimum atomic E-state index is -3.64. The van der Waals surface area contributed by atoms with Gasteiger partial charge in [-0.3, -0.25) is 4.79 Å². The second-order valence-corrected chi connectivity index (χ2v) is 10.00. The quantitative estimate of drug-likeness (QED) is 0.531. The molecule has 0 atom stereocenters. The minimum absolute atomic E-state index is 0.151. The Bertz CT molecular complexity index is 1250. The molecule has 4 rings (SSSR count). The highest BCUT2D eigenvalue weighted by Gasteiger charge is 2.31. The van der Waals surface area contributed by atoms with Crippen LogP contribution in [0.1, 0.15) is 23.0 Å². The third-order valence-electron chi connectivity index (χ3n) is 5.71. The van der Waals surface area contributed by atoms with Crippen LogP contribution in [0.5, 0.6) is 5.75 Å². The smallest absolute Gasteiger partial charge is 0.257 e. The van der Waals surface area contributed by atoms with Gasteiger partial charge in [-0.2, -0.15) is 9.40 Å². The van der Waals surface area contributed by atoms with Gasteiger partial charge in [0.2, 0.25) is 10.0 Å². The molecule has 2 heterocycles. The summed E-state index contributed by atoms with van der Waals surface area (Å²) in [5.74, 6) is 0.441. The number of sulfonamides is 1. The molecule has 1 saturated heterocycles. The largest absolute Gasteiger partial charge is 0.497 e. The number of benzene rings is 2. The first-order valence-electron chi connectivity index (χ1n) is 10.6. The normalized spacial score (nSPS) is 14.9. The molecule has 0 saturated carbocycles. The summed E-state index contributed by atoms with van der Waals surface area (Å²) in [6.07, 6.45) is 2.18. The highest BCUT2D eigenvalue weighted by Crippen LogP contribution is 2.23. The number of aromatic nitrogens is 2. The van der Waals surface area contributed by atoms with Crippen LogP contribution in [0.4, 0.5) is 0 Å². The van der Waals surface area contributed by atoms with Gasteiger partial charge >= 0.3 is 0 Å². The van der Waals surface area contributed by atoms with Crippen LogP contribution in [0.2, 0.25) is 5.02 Å². The second-order valence-electron chi connectivity index (χ2n) is 7.62. The van der Waals surface area contributed by atoms with Crippen molar-refractivity contribution in [3.63, 3.8) is 0 Å². The molecule has 0 spiro atoms. The summed E-state index contributed by atoms with van der Waals surface area (Å²) in [5, 5.41) is 5.01. The Labute approximate surface area is 198 Å². The van der Waals surface area contributed by atoms with E-state index in [0.717, 1.165) is 11.4 Å². The SMILES string of the molecule is CCc1c(C(=O)N2CCN(S(=O)(=O)c3ccc(OC)cc3)CC2)cnn1-c1cccc(Cl)c1. The molecule has 0 N–H and O–H groups in total. The van der Waals surface area contributed by atoms with Crippen molar-refractivity contribution in [2.75, 3.05) is 33.3 Å². The average Bonchev–Trinajstić information content (AvgIpc) is 3.28. The molecule has 0 radical (unpaired) electrons. The van der Waals surface area contributed by atoms with Gasteiger partial charge in [-0.15, -0.1) is 0 Å². The number of carbonyl (C=O) groups is 1. The number of halogens is 1. The highest BCUT2D eigenvalue weighted by atomic mass is 35.5. The number of carbonyl (C=O) groups excluding carboxylic acids is 1. The van der Waals surface area contributed by atoms with Gasteiger partial charge in [0.15, 0.2) is 0 Å². The molecule has 174 valence electrons. The van der Waals surface area contributed by atoms with Crippen LogP contribution in [-0.4, -0.2) is 66.6 Å². The molecule has 1 fully saturated rings. The lowest BCUT2D eigenvalue weighted by molar-refractivity contribution is 0.0696. The number of rotatable bonds is 6. The maximum atomic E-state index is 13.3. The molecule has 1 amide bonds. The second kappa shape index (κ2) is 9.54. The third kappa shape index (κ3) is 4.62. The zero-order chi connectivity index (χ0) is 23.6. The van der Waals surface area contributed by atoms with E-state index in [0.29, 0.717) is 35.8 Å². The lowest BCUT2D eigenvalue weighted by Gasteiger charge is -2.34. The van der Waals surface area contributed by atoms with Crippen LogP contribution < -0.4 is 4.74 Å². The Balaban J connectivity index is 1.48. The van der Waals surface area contributed by atoms with Crippen molar-refractivity contribution in [1.29, 1.82) is 0 Å². The number of hydrogen-bond donors (Lipinski definition) is 0. The summed E-state index contributed by atoms with van der Waals surface area (Å²) in [6, 6.07) is 13.6. The molecular weight excluding hydrogens is 464 g/mol. The number of methoxy groups -OCH3 is 1. The van der Waals surface area contributed by atoms with Gasteiger partial charge in [0.05, 0.1) is 35.1 Å². The summed E-state index contributed by atoms with van der Waals surface area (Å²) in [6.45, 7) is 3.03. The molecule has 33 heavy (non-hydrogen) atoms. The van der Waals surface area contributed by atoms with E-state index in [1.165, 1.54) is 23.5 Å². The minimum Gasteiger partial charge on any atom is -0.497 e. The monoisotopic (exact) mass is 488 g/mol. The van der Waals surface area contributed by atoms with Gasteiger partial charge in [-0.25, -0.2) is 13.1 Å². The molecule has 1 aliphatic heterocycles. The Morgan fingerprint density at radius 1 is 1.09 bits per heavy atom. The van der Waals surface area contributed by atoms with Gasteiger partial charge in [0.25, 0.3) is 5.91 Å². The zero-order valence-electron chi connectivity index (χ0n) is 18.4. The van der Waals surface area contributed by atoms with Crippen LogP contribution in [-0.2, 0) is 16.4 Å². The van der Waals surface area contributed by atoms with Crippen molar-refractivity contribution >= 4 is 27.5 Å². The van der Waals surface area contributed by atoms with Crippen LogP contribution in [0.15, 0.2) is 59.6 Å². The molecule has 1 aliphatic rings. The Morgan fingerprint density at radius 2 is 1.79 bits per heavy atom. The van der Waals surface area contributed by atoms with E-state index >= 15 is 0 Å². The standard InChI is InChI=1S/C23H25ClN4O4S/c1-3-22-21(16-25-28(22)18-6-4-5-17(24)15-18)23(29)26-11-13-27(14-12-26)33(30,31)20-9-7-19(32-2)8-10-20/h4-10,15-16H,3,11-14H2,1-2H3. The summed E-state index contributed by atoms with van der Waals surface area (Å²) in [5.41, 5.74) is 2.09. The van der Waals surface area contributed by atoms with Gasteiger partial charge < -0.3 is 9.64 Å². The maximum Gasteiger partial charge on any atom is 0.257 e. The zero-order valence-corrected chi connectivity index (χ0v) is 20.0. The van der Waals surface area contributed by atoms with E-state index < -0.39 is 10.0 Å². The fourth-order valence-corrected chi connectivity index (χ4v) is 5.53. The molecule has 3 aromatic rings. The molecule has 2 aromatic carbocycles. The molecule has 1 aromatic heterocycles. The lowest BCUT2D eigenvalue weighted by Crippen LogP contribution is -2.50. The van der Waals surface area contributed by atoms with Crippen molar-refractivity contribution in [3.05, 3.63) is 71.0 Å². The van der Waals surface area contributed by atoms with Crippen molar-refractivity contribution in [2.45, 2.75) is 18.2 Å². The topological polar surface area (TPSA) is 84.7 Å². The van der Waals surface area contributed by atoms with Gasteiger partial charge in [-0.05, 0) is 48.9 Å². The number of nitrogens with zero attached hydrogens (tertiary/aromatic N) is 4. The summed E-state index contributed by atoms with van der Waals surface area (Å²) in [4.78, 5) is 15.1. The van der Waals surface area contributed by atoms with Gasteiger partial charge in [0.1, 0.15) is 5.75 Å². The average molecular weight is 489 g/mol. The van der Waals surface area contributed by atoms with Crippen LogP contribution in [0.3, 0.4) is 0 Å². The molecule has 0 unspecified atom stereocenters. The van der Waals surface area contributed by atoms with Crippen molar-refractivity contribution < 1.29 is 17.9 Å². The lowest BCUT2D eigenvalue weighted by atomic mass is 10.1. The molecular formula is C23H25ClN4O4S. The number of ether oxygens (including phenoxy) is 1. The third-order valence-corrected chi connectivity index (χ3v) is 7.86. The molecule has 0 bridgehead atoms. The first-order chi connectivity index (χ1) is 15.8. The van der Waals surface area contributed by atoms with Crippen LogP contribution in [0, 0.1) is 0 Å². The summed E-state index contributed by atoms with van der Waals surface area (Å²) >= 11 is 6.11. The summed E-state index contributed by atoms with van der Waals surface area (Å²) in [7, 11) is -2.11. The molecule has 10 heteroatoms. The Kier molecular flexibility index (Phi) is 6.73. The van der Waals surface area contributed by atoms with Crippen LogP contribution >= 0.6 is 11.6 Å². The highest BCUT2D eigenvalue weighted by molar-refractivity contribution is 7.89. The first-order valence-corrected chi connectivity index (χ1v) is 12.4. The van der Waals surface area contributed by atoms with Gasteiger partial charge in [0, 0.05) is 31.2 Å². The predicted molar refractivity (Wildman–Crippen MR) is 126 cm³/mol. The van der Waals surface area contributed by atoms with Crippen molar-refractivity contribution in [2.24, 2.45) is 0 Å². The maximum absolute atomic E-state index is 13.3. The van der Waals surface area contributed by atoms with Gasteiger partial charge in [-0.1, -0.05) is 24.6 Å². The first kappa shape index (κ1) is 23.3. The van der Waals surface area contributed by atoms with E-state index in [-0.39, 0.29) is 23.9 Å². The van der Waals surface area contributed by atoms with E-state index in [1.54, 1.807) is 40.0 Å². The van der Waals surface area contributed by atoms with Crippen molar-refractivity contribution in [3.8, 4) is 11.4 Å². The van der Waals surface area contributed by atoms with E-state index in [4.69, 9.17) is 16.3 Å². The van der Waals surface area contributed by atoms with E-state index in [1.807, 2.05) is 19.1 Å². The fraction of sp³-hybridized carbons (Fsp3) is 0.304. The van der Waals surface area contributed by atoms with E-state index in [2.05, 4.69) is 5.10 Å². The Hall–Kier alpha value is -2.88. The predicted octanol–water partition coefficient (Wildman–Crippen LogP) is 3.24. The summed E-state index contributed by atoms with van der Waals surface area (Å²) < 4.78 is 34.2. The van der Waals surface area contributed by atoms with Crippen LogP contribution in [0.25, 0.3) is 5.69 Å². The fourth-order valence-electron chi connectivity index (χ4n) is 3.92.